The molecule has 0 radical (unpaired) electrons. The van der Waals surface area contributed by atoms with E-state index in [9.17, 15) is 9.59 Å². The quantitative estimate of drug-likeness (QED) is 0.303. The number of hydrogen-bond donors (Lipinski definition) is 8. The second-order valence-corrected chi connectivity index (χ2v) is 5.24. The zero-order valence-electron chi connectivity index (χ0n) is 10.4. The number of carboxylic acids is 2. The lowest BCUT2D eigenvalue weighted by Gasteiger charge is -1.98. The van der Waals surface area contributed by atoms with Gasteiger partial charge in [-0.25, -0.2) is 18.7 Å². The first-order valence-electron chi connectivity index (χ1n) is 4.75. The SMILES string of the molecule is O=C(O)c1ccccc1C(=O)O.O=P(O)(O)O.O=P(O)(O)O. The number of aromatic carboxylic acids is 2. The molecule has 22 heavy (non-hydrogen) atoms. The van der Waals surface area contributed by atoms with Crippen molar-refractivity contribution >= 4 is 27.6 Å². The van der Waals surface area contributed by atoms with Crippen molar-refractivity contribution in [2.24, 2.45) is 0 Å². The van der Waals surface area contributed by atoms with Crippen LogP contribution >= 0.6 is 15.6 Å². The van der Waals surface area contributed by atoms with E-state index >= 15 is 0 Å². The number of carboxylic acid groups (broad SMARTS) is 2. The lowest BCUT2D eigenvalue weighted by molar-refractivity contribution is 0.0651. The van der Waals surface area contributed by atoms with Crippen LogP contribution in [0.25, 0.3) is 0 Å². The van der Waals surface area contributed by atoms with Gasteiger partial charge < -0.3 is 39.6 Å². The number of benzene rings is 1. The molecule has 0 saturated heterocycles. The Morgan fingerprint density at radius 3 is 1.00 bits per heavy atom. The van der Waals surface area contributed by atoms with Gasteiger partial charge in [-0.05, 0) is 12.1 Å². The number of hydrogen-bond acceptors (Lipinski definition) is 4. The highest BCUT2D eigenvalue weighted by atomic mass is 31.2. The molecule has 0 atom stereocenters. The van der Waals surface area contributed by atoms with E-state index < -0.39 is 27.6 Å². The minimum absolute atomic E-state index is 0.190. The van der Waals surface area contributed by atoms with E-state index in [0.717, 1.165) is 0 Å². The molecule has 0 bridgehead atoms. The van der Waals surface area contributed by atoms with Crippen molar-refractivity contribution in [3.8, 4) is 0 Å². The van der Waals surface area contributed by atoms with E-state index in [0.29, 0.717) is 0 Å². The highest BCUT2D eigenvalue weighted by Gasteiger charge is 2.13. The molecule has 14 heteroatoms. The Kier molecular flexibility index (Phi) is 9.69. The smallest absolute Gasteiger partial charge is 0.466 e. The van der Waals surface area contributed by atoms with Crippen molar-refractivity contribution in [1.82, 2.24) is 0 Å². The van der Waals surface area contributed by atoms with Gasteiger partial charge in [-0.15, -0.1) is 0 Å². The first-order chi connectivity index (χ1) is 9.63. The molecule has 0 saturated carbocycles. The predicted molar refractivity (Wildman–Crippen MR) is 68.9 cm³/mol. The molecule has 12 nitrogen and oxygen atoms in total. The highest BCUT2D eigenvalue weighted by Crippen LogP contribution is 2.26. The molecule has 0 spiro atoms. The van der Waals surface area contributed by atoms with Crippen LogP contribution in [0.4, 0.5) is 0 Å². The number of carbonyl (C=O) groups is 2. The van der Waals surface area contributed by atoms with E-state index in [1.54, 1.807) is 0 Å². The second-order valence-electron chi connectivity index (χ2n) is 3.18. The van der Waals surface area contributed by atoms with E-state index in [1.807, 2.05) is 0 Å². The third-order valence-electron chi connectivity index (χ3n) is 1.39. The van der Waals surface area contributed by atoms with Gasteiger partial charge in [-0.2, -0.15) is 0 Å². The summed E-state index contributed by atoms with van der Waals surface area (Å²) in [5.41, 5.74) is -0.380. The van der Waals surface area contributed by atoms with Gasteiger partial charge in [0.1, 0.15) is 0 Å². The number of phosphoric acid groups is 2. The minimum atomic E-state index is -4.64. The first kappa shape index (κ1) is 22.7. The van der Waals surface area contributed by atoms with Crippen LogP contribution < -0.4 is 0 Å². The Morgan fingerprint density at radius 2 is 0.864 bits per heavy atom. The van der Waals surface area contributed by atoms with E-state index in [2.05, 4.69) is 0 Å². The Hall–Kier alpha value is -1.62. The molecule has 1 rings (SSSR count). The summed E-state index contributed by atoms with van der Waals surface area (Å²) >= 11 is 0. The van der Waals surface area contributed by atoms with Gasteiger partial charge in [0.15, 0.2) is 0 Å². The molecule has 0 aliphatic heterocycles. The Labute approximate surface area is 122 Å². The Bertz CT molecular complexity index is 529. The van der Waals surface area contributed by atoms with Crippen LogP contribution in [-0.4, -0.2) is 51.5 Å². The van der Waals surface area contributed by atoms with Gasteiger partial charge in [-0.3, -0.25) is 0 Å². The molecule has 0 unspecified atom stereocenters. The zero-order chi connectivity index (χ0) is 18.1. The van der Waals surface area contributed by atoms with Crippen molar-refractivity contribution in [1.29, 1.82) is 0 Å². The summed E-state index contributed by atoms with van der Waals surface area (Å²) in [6.07, 6.45) is 0. The molecule has 1 aromatic carbocycles. The van der Waals surface area contributed by atoms with Gasteiger partial charge in [0.2, 0.25) is 0 Å². The average molecular weight is 362 g/mol. The number of rotatable bonds is 2. The molecule has 0 amide bonds. The lowest BCUT2D eigenvalue weighted by Crippen LogP contribution is -2.06. The van der Waals surface area contributed by atoms with Gasteiger partial charge >= 0.3 is 27.6 Å². The topological polar surface area (TPSA) is 230 Å². The van der Waals surface area contributed by atoms with E-state index in [1.165, 1.54) is 24.3 Å². The third-order valence-corrected chi connectivity index (χ3v) is 1.39. The predicted octanol–water partition coefficient (Wildman–Crippen LogP) is -0.774. The summed E-state index contributed by atoms with van der Waals surface area (Å²) in [7, 11) is -9.28. The fourth-order valence-electron chi connectivity index (χ4n) is 0.856. The first-order valence-corrected chi connectivity index (χ1v) is 7.88. The molecule has 126 valence electrons. The molecular weight excluding hydrogens is 350 g/mol. The van der Waals surface area contributed by atoms with Crippen LogP contribution in [0, 0.1) is 0 Å². The van der Waals surface area contributed by atoms with Gasteiger partial charge in [0.05, 0.1) is 11.1 Å². The lowest BCUT2D eigenvalue weighted by atomic mass is 10.1. The minimum Gasteiger partial charge on any atom is -0.478 e. The molecule has 0 aromatic heterocycles. The summed E-state index contributed by atoms with van der Waals surface area (Å²) in [5, 5.41) is 17.1. The maximum absolute atomic E-state index is 10.5. The molecule has 8 N–H and O–H groups in total. The summed E-state index contributed by atoms with van der Waals surface area (Å²) < 4.78 is 17.8. The third kappa shape index (κ3) is 18.4. The summed E-state index contributed by atoms with van der Waals surface area (Å²) in [5.74, 6) is -2.46. The van der Waals surface area contributed by atoms with Crippen molar-refractivity contribution < 1.29 is 58.3 Å². The van der Waals surface area contributed by atoms with Crippen LogP contribution in [0.3, 0.4) is 0 Å². The highest BCUT2D eigenvalue weighted by molar-refractivity contribution is 7.45. The van der Waals surface area contributed by atoms with Crippen LogP contribution in [-0.2, 0) is 9.13 Å². The van der Waals surface area contributed by atoms with E-state index in [-0.39, 0.29) is 11.1 Å². The van der Waals surface area contributed by atoms with Crippen molar-refractivity contribution in [3.05, 3.63) is 35.4 Å². The maximum atomic E-state index is 10.5. The van der Waals surface area contributed by atoms with Gasteiger partial charge in [-0.1, -0.05) is 12.1 Å². The molecule has 0 heterocycles. The molecule has 1 aromatic rings. The average Bonchev–Trinajstić information content (AvgIpc) is 2.24. The van der Waals surface area contributed by atoms with Crippen molar-refractivity contribution in [3.63, 3.8) is 0 Å². The van der Waals surface area contributed by atoms with Gasteiger partial charge in [0.25, 0.3) is 0 Å². The maximum Gasteiger partial charge on any atom is 0.466 e. The molecule has 0 fully saturated rings. The monoisotopic (exact) mass is 362 g/mol. The summed E-state index contributed by atoms with van der Waals surface area (Å²) in [4.78, 5) is 64.1. The fraction of sp³-hybridized carbons (Fsp3) is 0. The normalized spacial score (nSPS) is 10.5. The van der Waals surface area contributed by atoms with Crippen LogP contribution in [0.2, 0.25) is 0 Å². The Morgan fingerprint density at radius 1 is 0.682 bits per heavy atom. The van der Waals surface area contributed by atoms with Crippen LogP contribution in [0.1, 0.15) is 20.7 Å². The fourth-order valence-corrected chi connectivity index (χ4v) is 0.856. The molecule has 0 aliphatic carbocycles. The Balaban J connectivity index is 0. The second kappa shape index (κ2) is 9.41. The van der Waals surface area contributed by atoms with Gasteiger partial charge in [0, 0.05) is 0 Å². The standard InChI is InChI=1S/C8H6O4.2H3O4P/c9-7(10)5-3-1-2-4-6(5)8(11)12;2*1-5(2,3)4/h1-4H,(H,9,10)(H,11,12);2*(H3,1,2,3,4). The summed E-state index contributed by atoms with van der Waals surface area (Å²) in [6, 6.07) is 5.48. The van der Waals surface area contributed by atoms with E-state index in [4.69, 9.17) is 48.7 Å². The summed E-state index contributed by atoms with van der Waals surface area (Å²) in [6.45, 7) is 0. The van der Waals surface area contributed by atoms with Crippen molar-refractivity contribution in [2.45, 2.75) is 0 Å². The van der Waals surface area contributed by atoms with Crippen molar-refractivity contribution in [2.75, 3.05) is 0 Å². The largest absolute Gasteiger partial charge is 0.478 e. The molecule has 0 aliphatic rings. The van der Waals surface area contributed by atoms with Crippen LogP contribution in [0.15, 0.2) is 24.3 Å². The van der Waals surface area contributed by atoms with Crippen LogP contribution in [0.5, 0.6) is 0 Å². The zero-order valence-corrected chi connectivity index (χ0v) is 12.2. The molecular formula is C8H12O12P2.